The molecule has 2 unspecified atom stereocenters. The number of rotatable bonds is 6. The van der Waals surface area contributed by atoms with Crippen LogP contribution in [0.3, 0.4) is 0 Å². The van der Waals surface area contributed by atoms with E-state index in [1.54, 1.807) is 24.3 Å². The van der Waals surface area contributed by atoms with Crippen LogP contribution in [0.1, 0.15) is 35.6 Å². The summed E-state index contributed by atoms with van der Waals surface area (Å²) in [5.74, 6) is -0.835. The van der Waals surface area contributed by atoms with Gasteiger partial charge in [-0.15, -0.1) is 0 Å². The summed E-state index contributed by atoms with van der Waals surface area (Å²) in [7, 11) is 1.54. The zero-order valence-electron chi connectivity index (χ0n) is 17.1. The molecule has 4 rings (SSSR count). The molecule has 0 bridgehead atoms. The molecule has 1 saturated heterocycles. The highest BCUT2D eigenvalue weighted by atomic mass is 32.1. The van der Waals surface area contributed by atoms with Gasteiger partial charge in [-0.1, -0.05) is 6.07 Å². The van der Waals surface area contributed by atoms with Crippen molar-refractivity contribution in [2.24, 2.45) is 0 Å². The Morgan fingerprint density at radius 3 is 2.84 bits per heavy atom. The average molecular weight is 441 g/mol. The van der Waals surface area contributed by atoms with Crippen molar-refractivity contribution < 1.29 is 18.7 Å². The van der Waals surface area contributed by atoms with Gasteiger partial charge in [-0.25, -0.2) is 9.37 Å². The van der Waals surface area contributed by atoms with Crippen LogP contribution in [0.15, 0.2) is 30.5 Å². The molecule has 1 saturated carbocycles. The van der Waals surface area contributed by atoms with Gasteiger partial charge in [-0.05, 0) is 55.2 Å². The maximum Gasteiger partial charge on any atom is 0.253 e. The number of carbonyl (C=O) groups excluding carboxylic acids is 1. The summed E-state index contributed by atoms with van der Waals surface area (Å²) in [4.78, 5) is 19.0. The van der Waals surface area contributed by atoms with Gasteiger partial charge in [0.15, 0.2) is 16.7 Å². The number of benzene rings is 1. The Morgan fingerprint density at radius 2 is 2.23 bits per heavy atom. The number of anilines is 1. The van der Waals surface area contributed by atoms with E-state index < -0.39 is 11.4 Å². The zero-order chi connectivity index (χ0) is 22.2. The largest absolute Gasteiger partial charge is 0.488 e. The monoisotopic (exact) mass is 440 g/mol. The third-order valence-electron chi connectivity index (χ3n) is 5.93. The van der Waals surface area contributed by atoms with E-state index in [9.17, 15) is 9.18 Å². The first-order valence-electron chi connectivity index (χ1n) is 9.86. The standard InChI is InChI=1S/C22H21FN4O3S/c1-13-9-14(12-25-18(13)11-24)16-5-6-22(16)20(28)26-21(31)27(22)15-3-4-19(17(23)10-15)30-8-7-29-2/h3-4,9-10,12,16H,5-8H2,1-2H3,(H,26,28,31). The zero-order valence-corrected chi connectivity index (χ0v) is 18.0. The van der Waals surface area contributed by atoms with Crippen LogP contribution in [0.2, 0.25) is 0 Å². The Morgan fingerprint density at radius 1 is 1.42 bits per heavy atom. The summed E-state index contributed by atoms with van der Waals surface area (Å²) in [6, 6.07) is 8.49. The number of methoxy groups -OCH3 is 1. The predicted octanol–water partition coefficient (Wildman–Crippen LogP) is 2.96. The number of carbonyl (C=O) groups is 1. The minimum Gasteiger partial charge on any atom is -0.488 e. The Balaban J connectivity index is 1.68. The normalized spacial score (nSPS) is 22.3. The molecule has 1 aromatic carbocycles. The van der Waals surface area contributed by atoms with Crippen LogP contribution >= 0.6 is 12.2 Å². The summed E-state index contributed by atoms with van der Waals surface area (Å²) in [5.41, 5.74) is 1.48. The highest BCUT2D eigenvalue weighted by Crippen LogP contribution is 2.53. The van der Waals surface area contributed by atoms with Crippen molar-refractivity contribution in [3.05, 3.63) is 53.1 Å². The molecule has 1 amide bonds. The van der Waals surface area contributed by atoms with Crippen LogP contribution in [0.5, 0.6) is 5.75 Å². The number of nitriles is 1. The molecule has 9 heteroatoms. The summed E-state index contributed by atoms with van der Waals surface area (Å²) >= 11 is 5.44. The number of thiocarbonyl (C=S) groups is 1. The molecule has 1 aliphatic heterocycles. The number of halogens is 1. The van der Waals surface area contributed by atoms with Gasteiger partial charge in [0.1, 0.15) is 23.9 Å². The fourth-order valence-corrected chi connectivity index (χ4v) is 4.68. The summed E-state index contributed by atoms with van der Waals surface area (Å²) in [5, 5.41) is 12.1. The molecule has 2 heterocycles. The number of hydrogen-bond donors (Lipinski definition) is 1. The number of amides is 1. The molecule has 2 aromatic rings. The minimum atomic E-state index is -0.954. The Kier molecular flexibility index (Phi) is 5.60. The lowest BCUT2D eigenvalue weighted by molar-refractivity contribution is -0.126. The molecule has 2 aliphatic rings. The lowest BCUT2D eigenvalue weighted by atomic mass is 9.62. The topological polar surface area (TPSA) is 87.5 Å². The first-order chi connectivity index (χ1) is 14.9. The van der Waals surface area contributed by atoms with Crippen molar-refractivity contribution in [3.8, 4) is 11.8 Å². The van der Waals surface area contributed by atoms with Gasteiger partial charge in [0, 0.05) is 31.0 Å². The molecule has 1 aromatic heterocycles. The Bertz CT molecular complexity index is 1100. The second-order valence-electron chi connectivity index (χ2n) is 7.61. The summed E-state index contributed by atoms with van der Waals surface area (Å²) in [6.45, 7) is 2.39. The van der Waals surface area contributed by atoms with Gasteiger partial charge >= 0.3 is 0 Å². The van der Waals surface area contributed by atoms with Gasteiger partial charge in [-0.2, -0.15) is 5.26 Å². The number of nitrogens with zero attached hydrogens (tertiary/aromatic N) is 3. The van der Waals surface area contributed by atoms with Crippen LogP contribution in [0.4, 0.5) is 10.1 Å². The first kappa shape index (κ1) is 21.2. The molecule has 31 heavy (non-hydrogen) atoms. The molecule has 1 spiro atoms. The van der Waals surface area contributed by atoms with Gasteiger partial charge in [0.2, 0.25) is 0 Å². The van der Waals surface area contributed by atoms with Gasteiger partial charge < -0.3 is 19.7 Å². The van der Waals surface area contributed by atoms with Gasteiger partial charge in [-0.3, -0.25) is 4.79 Å². The minimum absolute atomic E-state index is 0.108. The fourth-order valence-electron chi connectivity index (χ4n) is 4.32. The fraction of sp³-hybridized carbons (Fsp3) is 0.364. The third kappa shape index (κ3) is 3.42. The van der Waals surface area contributed by atoms with Crippen molar-refractivity contribution in [2.75, 3.05) is 25.2 Å². The van der Waals surface area contributed by atoms with Crippen LogP contribution in [-0.2, 0) is 9.53 Å². The van der Waals surface area contributed by atoms with E-state index in [0.717, 1.165) is 17.5 Å². The van der Waals surface area contributed by atoms with Crippen LogP contribution < -0.4 is 15.0 Å². The molecule has 1 N–H and O–H groups in total. The molecular weight excluding hydrogens is 419 g/mol. The van der Waals surface area contributed by atoms with Crippen LogP contribution in [0.25, 0.3) is 0 Å². The van der Waals surface area contributed by atoms with Crippen molar-refractivity contribution in [2.45, 2.75) is 31.2 Å². The van der Waals surface area contributed by atoms with Crippen molar-refractivity contribution in [3.63, 3.8) is 0 Å². The predicted molar refractivity (Wildman–Crippen MR) is 115 cm³/mol. The number of aryl methyl sites for hydroxylation is 1. The summed E-state index contributed by atoms with van der Waals surface area (Å²) < 4.78 is 25.0. The van der Waals surface area contributed by atoms with Crippen molar-refractivity contribution in [1.82, 2.24) is 10.3 Å². The van der Waals surface area contributed by atoms with E-state index in [0.29, 0.717) is 24.4 Å². The van der Waals surface area contributed by atoms with E-state index in [4.69, 9.17) is 27.0 Å². The highest BCUT2D eigenvalue weighted by Gasteiger charge is 2.62. The number of aromatic nitrogens is 1. The van der Waals surface area contributed by atoms with E-state index in [1.807, 2.05) is 13.0 Å². The number of hydrogen-bond acceptors (Lipinski definition) is 6. The molecule has 1 aliphatic carbocycles. The maximum atomic E-state index is 14.7. The lowest BCUT2D eigenvalue weighted by Crippen LogP contribution is -2.60. The van der Waals surface area contributed by atoms with Crippen molar-refractivity contribution in [1.29, 1.82) is 5.26 Å². The van der Waals surface area contributed by atoms with Gasteiger partial charge in [0.05, 0.1) is 6.61 Å². The van der Waals surface area contributed by atoms with E-state index in [1.165, 1.54) is 12.1 Å². The van der Waals surface area contributed by atoms with E-state index in [-0.39, 0.29) is 29.3 Å². The van der Waals surface area contributed by atoms with Gasteiger partial charge in [0.25, 0.3) is 5.91 Å². The molecule has 0 radical (unpaired) electrons. The van der Waals surface area contributed by atoms with Crippen molar-refractivity contribution >= 4 is 28.9 Å². The number of pyridine rings is 1. The molecule has 2 atom stereocenters. The highest BCUT2D eigenvalue weighted by molar-refractivity contribution is 7.80. The van der Waals surface area contributed by atoms with Crippen LogP contribution in [-0.4, -0.2) is 41.9 Å². The number of nitrogens with one attached hydrogen (secondary N) is 1. The Hall–Kier alpha value is -3.09. The SMILES string of the molecule is COCCOc1ccc(N2C(=S)NC(=O)C23CCC3c2cnc(C#N)c(C)c2)cc1F. The van der Waals surface area contributed by atoms with E-state index in [2.05, 4.69) is 16.4 Å². The molecule has 7 nitrogen and oxygen atoms in total. The number of ether oxygens (including phenoxy) is 2. The molecular formula is C22H21FN4O3S. The smallest absolute Gasteiger partial charge is 0.253 e. The molecule has 2 fully saturated rings. The third-order valence-corrected chi connectivity index (χ3v) is 6.22. The summed E-state index contributed by atoms with van der Waals surface area (Å²) in [6.07, 6.45) is 2.95. The second-order valence-corrected chi connectivity index (χ2v) is 8.00. The first-order valence-corrected chi connectivity index (χ1v) is 10.3. The van der Waals surface area contributed by atoms with Crippen LogP contribution in [0, 0.1) is 24.1 Å². The maximum absolute atomic E-state index is 14.7. The quantitative estimate of drug-likeness (QED) is 0.546. The average Bonchev–Trinajstić information content (AvgIpc) is 3.00. The Labute approximate surface area is 184 Å². The molecule has 160 valence electrons. The van der Waals surface area contributed by atoms with E-state index >= 15 is 0 Å². The lowest BCUT2D eigenvalue weighted by Gasteiger charge is -2.50. The second kappa shape index (κ2) is 8.21.